The molecule has 2 aromatic heterocycles. The van der Waals surface area contributed by atoms with Gasteiger partial charge in [0.05, 0.1) is 12.5 Å². The zero-order valence-corrected chi connectivity index (χ0v) is 12.7. The van der Waals surface area contributed by atoms with Gasteiger partial charge in [0.2, 0.25) is 11.8 Å². The second-order valence-electron chi connectivity index (χ2n) is 4.74. The first-order chi connectivity index (χ1) is 10.0. The van der Waals surface area contributed by atoms with Crippen molar-refractivity contribution in [3.63, 3.8) is 0 Å². The Bertz CT molecular complexity index is 626. The number of nitrogens with one attached hydrogen (secondary N) is 2. The monoisotopic (exact) mass is 303 g/mol. The van der Waals surface area contributed by atoms with Crippen LogP contribution < -0.4 is 10.6 Å². The van der Waals surface area contributed by atoms with Gasteiger partial charge >= 0.3 is 0 Å². The van der Waals surface area contributed by atoms with Crippen LogP contribution in [0.2, 0.25) is 0 Å². The Kier molecular flexibility index (Phi) is 5.05. The molecular weight excluding hydrogens is 286 g/mol. The molecule has 2 amide bonds. The lowest BCUT2D eigenvalue weighted by Gasteiger charge is -2.16. The molecule has 5 nitrogen and oxygen atoms in total. The van der Waals surface area contributed by atoms with Crippen LogP contribution in [0, 0.1) is 6.92 Å². The number of thiophene rings is 1. The van der Waals surface area contributed by atoms with Crippen molar-refractivity contribution in [2.75, 3.05) is 5.32 Å². The fourth-order valence-electron chi connectivity index (χ4n) is 1.94. The normalized spacial score (nSPS) is 11.7. The fourth-order valence-corrected chi connectivity index (χ4v) is 2.72. The van der Waals surface area contributed by atoms with Gasteiger partial charge in [-0.1, -0.05) is 6.07 Å². The van der Waals surface area contributed by atoms with Gasteiger partial charge in [-0.25, -0.2) is 4.98 Å². The maximum absolute atomic E-state index is 12.1. The zero-order valence-electron chi connectivity index (χ0n) is 11.9. The Balaban J connectivity index is 2.02. The van der Waals surface area contributed by atoms with E-state index in [1.165, 1.54) is 18.3 Å². The summed E-state index contributed by atoms with van der Waals surface area (Å²) in [5.74, 6) is 0.183. The van der Waals surface area contributed by atoms with Crippen molar-refractivity contribution in [2.24, 2.45) is 0 Å². The van der Waals surface area contributed by atoms with Crippen molar-refractivity contribution in [1.82, 2.24) is 10.3 Å². The predicted molar refractivity (Wildman–Crippen MR) is 83.1 cm³/mol. The molecule has 2 heterocycles. The first-order valence-electron chi connectivity index (χ1n) is 6.57. The van der Waals surface area contributed by atoms with Gasteiger partial charge in [0.25, 0.3) is 0 Å². The second-order valence-corrected chi connectivity index (χ2v) is 5.72. The summed E-state index contributed by atoms with van der Waals surface area (Å²) in [6.45, 7) is 3.38. The molecule has 0 aliphatic carbocycles. The van der Waals surface area contributed by atoms with Crippen molar-refractivity contribution in [2.45, 2.75) is 26.3 Å². The molecule has 0 bridgehead atoms. The number of amides is 2. The SMILES string of the molecule is CC(=O)N[C@H](CC(=O)Nc1cc(C)ccn1)c1cccs1. The van der Waals surface area contributed by atoms with E-state index in [4.69, 9.17) is 0 Å². The quantitative estimate of drug-likeness (QED) is 0.892. The third kappa shape index (κ3) is 4.68. The van der Waals surface area contributed by atoms with E-state index in [-0.39, 0.29) is 24.3 Å². The van der Waals surface area contributed by atoms with Crippen LogP contribution in [-0.2, 0) is 9.59 Å². The molecule has 0 saturated carbocycles. The lowest BCUT2D eigenvalue weighted by atomic mass is 10.1. The van der Waals surface area contributed by atoms with E-state index < -0.39 is 0 Å². The molecule has 2 rings (SSSR count). The fraction of sp³-hybridized carbons (Fsp3) is 0.267. The minimum atomic E-state index is -0.313. The molecule has 0 unspecified atom stereocenters. The number of aryl methyl sites for hydroxylation is 1. The summed E-state index contributed by atoms with van der Waals surface area (Å²) >= 11 is 1.51. The van der Waals surface area contributed by atoms with Crippen molar-refractivity contribution in [3.05, 3.63) is 46.3 Å². The Morgan fingerprint density at radius 2 is 2.19 bits per heavy atom. The van der Waals surface area contributed by atoms with Crippen molar-refractivity contribution in [3.8, 4) is 0 Å². The van der Waals surface area contributed by atoms with Crippen LogP contribution >= 0.6 is 11.3 Å². The number of pyridine rings is 1. The highest BCUT2D eigenvalue weighted by Crippen LogP contribution is 2.22. The second kappa shape index (κ2) is 6.99. The molecule has 0 aliphatic rings. The zero-order chi connectivity index (χ0) is 15.2. The summed E-state index contributed by atoms with van der Waals surface area (Å²) in [6.07, 6.45) is 1.82. The number of aromatic nitrogens is 1. The summed E-state index contributed by atoms with van der Waals surface area (Å²) in [7, 11) is 0. The van der Waals surface area contributed by atoms with Gasteiger partial charge in [-0.05, 0) is 36.1 Å². The molecule has 0 radical (unpaired) electrons. The van der Waals surface area contributed by atoms with Crippen molar-refractivity contribution >= 4 is 29.0 Å². The molecule has 2 N–H and O–H groups in total. The maximum Gasteiger partial charge on any atom is 0.227 e. The van der Waals surface area contributed by atoms with E-state index in [2.05, 4.69) is 15.6 Å². The third-order valence-electron chi connectivity index (χ3n) is 2.84. The summed E-state index contributed by atoms with van der Waals surface area (Å²) < 4.78 is 0. The standard InChI is InChI=1S/C15H17N3O2S/c1-10-5-6-16-14(8-10)18-15(20)9-12(17-11(2)19)13-4-3-7-21-13/h3-8,12H,9H2,1-2H3,(H,17,19)(H,16,18,20)/t12-/m1/s1. The Morgan fingerprint density at radius 1 is 1.38 bits per heavy atom. The van der Waals surface area contributed by atoms with E-state index >= 15 is 0 Å². The number of hydrogen-bond donors (Lipinski definition) is 2. The molecule has 0 aliphatic heterocycles. The number of nitrogens with zero attached hydrogens (tertiary/aromatic N) is 1. The van der Waals surface area contributed by atoms with Crippen molar-refractivity contribution < 1.29 is 9.59 Å². The predicted octanol–water partition coefficient (Wildman–Crippen LogP) is 2.66. The smallest absolute Gasteiger partial charge is 0.227 e. The lowest BCUT2D eigenvalue weighted by molar-refractivity contribution is -0.120. The van der Waals surface area contributed by atoms with Crippen LogP contribution in [0.25, 0.3) is 0 Å². The summed E-state index contributed by atoms with van der Waals surface area (Å²) in [4.78, 5) is 28.4. The number of carbonyl (C=O) groups excluding carboxylic acids is 2. The molecule has 0 aromatic carbocycles. The highest BCUT2D eigenvalue weighted by Gasteiger charge is 2.18. The largest absolute Gasteiger partial charge is 0.348 e. The van der Waals surface area contributed by atoms with Crippen molar-refractivity contribution in [1.29, 1.82) is 0 Å². The molecule has 0 spiro atoms. The lowest BCUT2D eigenvalue weighted by Crippen LogP contribution is -2.29. The van der Waals surface area contributed by atoms with E-state index in [1.54, 1.807) is 12.3 Å². The average Bonchev–Trinajstić information content (AvgIpc) is 2.91. The van der Waals surface area contributed by atoms with Crippen LogP contribution in [0.3, 0.4) is 0 Å². The highest BCUT2D eigenvalue weighted by atomic mass is 32.1. The number of hydrogen-bond acceptors (Lipinski definition) is 4. The summed E-state index contributed by atoms with van der Waals surface area (Å²) in [5, 5.41) is 7.47. The molecule has 110 valence electrons. The Hall–Kier alpha value is -2.21. The molecule has 0 saturated heterocycles. The van der Waals surface area contributed by atoms with Gasteiger partial charge in [-0.3, -0.25) is 9.59 Å². The van der Waals surface area contributed by atoms with E-state index in [1.807, 2.05) is 30.5 Å². The first-order valence-corrected chi connectivity index (χ1v) is 7.45. The van der Waals surface area contributed by atoms with Crippen LogP contribution in [0.5, 0.6) is 0 Å². The average molecular weight is 303 g/mol. The summed E-state index contributed by atoms with van der Waals surface area (Å²) in [5.41, 5.74) is 1.02. The summed E-state index contributed by atoms with van der Waals surface area (Å²) in [6, 6.07) is 7.16. The van der Waals surface area contributed by atoms with Crippen LogP contribution in [0.4, 0.5) is 5.82 Å². The van der Waals surface area contributed by atoms with Gasteiger partial charge in [-0.15, -0.1) is 11.3 Å². The van der Waals surface area contributed by atoms with Crippen LogP contribution in [0.15, 0.2) is 35.8 Å². The Labute approximate surface area is 127 Å². The molecule has 21 heavy (non-hydrogen) atoms. The van der Waals surface area contributed by atoms with Gasteiger partial charge < -0.3 is 10.6 Å². The first kappa shape index (κ1) is 15.2. The van der Waals surface area contributed by atoms with Gasteiger partial charge in [0.1, 0.15) is 5.82 Å². The molecule has 0 fully saturated rings. The molecule has 6 heteroatoms. The minimum Gasteiger partial charge on any atom is -0.348 e. The Morgan fingerprint density at radius 3 is 2.81 bits per heavy atom. The molecular formula is C15H17N3O2S. The van der Waals surface area contributed by atoms with Crippen LogP contribution in [-0.4, -0.2) is 16.8 Å². The topological polar surface area (TPSA) is 71.1 Å². The number of anilines is 1. The van der Waals surface area contributed by atoms with Crippen LogP contribution in [0.1, 0.15) is 29.8 Å². The van der Waals surface area contributed by atoms with Gasteiger partial charge in [-0.2, -0.15) is 0 Å². The van der Waals surface area contributed by atoms with Gasteiger partial charge in [0.15, 0.2) is 0 Å². The van der Waals surface area contributed by atoms with E-state index in [0.717, 1.165) is 10.4 Å². The maximum atomic E-state index is 12.1. The number of rotatable bonds is 5. The van der Waals surface area contributed by atoms with E-state index in [0.29, 0.717) is 5.82 Å². The highest BCUT2D eigenvalue weighted by molar-refractivity contribution is 7.10. The van der Waals surface area contributed by atoms with Gasteiger partial charge in [0, 0.05) is 18.0 Å². The number of carbonyl (C=O) groups is 2. The van der Waals surface area contributed by atoms with E-state index in [9.17, 15) is 9.59 Å². The minimum absolute atomic E-state index is 0.158. The molecule has 1 atom stereocenters. The molecule has 2 aromatic rings. The third-order valence-corrected chi connectivity index (χ3v) is 3.82.